The Bertz CT molecular complexity index is 947. The summed E-state index contributed by atoms with van der Waals surface area (Å²) >= 11 is 0. The summed E-state index contributed by atoms with van der Waals surface area (Å²) in [5, 5.41) is 11.1. The number of non-ortho nitro benzene ring substituents is 1. The number of hydrogen-bond donors (Lipinski definition) is 0. The van der Waals surface area contributed by atoms with Crippen LogP contribution in [0.4, 0.5) is 11.4 Å². The molecule has 5 nitrogen and oxygen atoms in total. The molecule has 0 unspecified atom stereocenters. The number of anilines is 1. The van der Waals surface area contributed by atoms with Crippen LogP contribution in [0.25, 0.3) is 0 Å². The summed E-state index contributed by atoms with van der Waals surface area (Å²) in [5.41, 5.74) is 3.64. The highest BCUT2D eigenvalue weighted by Crippen LogP contribution is 2.39. The van der Waals surface area contributed by atoms with E-state index in [1.807, 2.05) is 60.7 Å². The molecule has 134 valence electrons. The average molecular weight is 358 g/mol. The van der Waals surface area contributed by atoms with Crippen molar-refractivity contribution >= 4 is 17.3 Å². The first kappa shape index (κ1) is 17.0. The van der Waals surface area contributed by atoms with Crippen LogP contribution in [0.2, 0.25) is 0 Å². The molecule has 1 heterocycles. The van der Waals surface area contributed by atoms with Crippen molar-refractivity contribution in [1.29, 1.82) is 0 Å². The van der Waals surface area contributed by atoms with Crippen LogP contribution >= 0.6 is 0 Å². The Morgan fingerprint density at radius 3 is 2.00 bits per heavy atom. The molecule has 0 fully saturated rings. The summed E-state index contributed by atoms with van der Waals surface area (Å²) in [6.07, 6.45) is 0.854. The van der Waals surface area contributed by atoms with Gasteiger partial charge in [0, 0.05) is 24.2 Å². The fourth-order valence-corrected chi connectivity index (χ4v) is 3.66. The molecule has 27 heavy (non-hydrogen) atoms. The largest absolute Gasteiger partial charge is 0.300 e. The molecule has 0 radical (unpaired) electrons. The SMILES string of the molecule is O=C1CCc2cc([N+](=O)[O-])ccc2N1C(c1ccccc1)c1ccccc1. The van der Waals surface area contributed by atoms with Crippen molar-refractivity contribution in [2.45, 2.75) is 18.9 Å². The quantitative estimate of drug-likeness (QED) is 0.503. The second kappa shape index (κ2) is 7.03. The lowest BCUT2D eigenvalue weighted by molar-refractivity contribution is -0.384. The Morgan fingerprint density at radius 2 is 1.44 bits per heavy atom. The van der Waals surface area contributed by atoms with Gasteiger partial charge in [-0.05, 0) is 29.2 Å². The van der Waals surface area contributed by atoms with Crippen LogP contribution < -0.4 is 4.90 Å². The normalized spacial score (nSPS) is 13.5. The van der Waals surface area contributed by atoms with Crippen molar-refractivity contribution in [3.05, 3.63) is 106 Å². The minimum Gasteiger partial charge on any atom is -0.300 e. The van der Waals surface area contributed by atoms with Crippen LogP contribution in [-0.4, -0.2) is 10.8 Å². The molecule has 0 bridgehead atoms. The third-order valence-corrected chi connectivity index (χ3v) is 4.90. The van der Waals surface area contributed by atoms with Crippen LogP contribution in [0.15, 0.2) is 78.9 Å². The highest BCUT2D eigenvalue weighted by molar-refractivity contribution is 5.98. The van der Waals surface area contributed by atoms with Crippen LogP contribution in [0.1, 0.15) is 29.2 Å². The molecule has 3 aromatic carbocycles. The van der Waals surface area contributed by atoms with Crippen LogP contribution in [0.5, 0.6) is 0 Å². The van der Waals surface area contributed by atoms with E-state index in [0.29, 0.717) is 12.8 Å². The van der Waals surface area contributed by atoms with Gasteiger partial charge in [-0.2, -0.15) is 0 Å². The van der Waals surface area contributed by atoms with Crippen LogP contribution in [0.3, 0.4) is 0 Å². The molecular formula is C22H18N2O3. The third kappa shape index (κ3) is 3.19. The van der Waals surface area contributed by atoms with Gasteiger partial charge in [0.05, 0.1) is 11.0 Å². The number of nitro benzene ring substituents is 1. The Balaban J connectivity index is 1.88. The first-order valence-corrected chi connectivity index (χ1v) is 8.84. The summed E-state index contributed by atoms with van der Waals surface area (Å²) in [4.78, 5) is 25.5. The first-order valence-electron chi connectivity index (χ1n) is 8.84. The van der Waals surface area contributed by atoms with E-state index in [4.69, 9.17) is 0 Å². The van der Waals surface area contributed by atoms with Gasteiger partial charge in [0.2, 0.25) is 5.91 Å². The lowest BCUT2D eigenvalue weighted by Gasteiger charge is -2.36. The van der Waals surface area contributed by atoms with Crippen molar-refractivity contribution < 1.29 is 9.72 Å². The predicted molar refractivity (Wildman–Crippen MR) is 104 cm³/mol. The monoisotopic (exact) mass is 358 g/mol. The average Bonchev–Trinajstić information content (AvgIpc) is 2.71. The van der Waals surface area contributed by atoms with Gasteiger partial charge in [0.1, 0.15) is 0 Å². The zero-order valence-corrected chi connectivity index (χ0v) is 14.6. The van der Waals surface area contributed by atoms with E-state index in [2.05, 4.69) is 0 Å². The van der Waals surface area contributed by atoms with E-state index >= 15 is 0 Å². The van der Waals surface area contributed by atoms with Gasteiger partial charge in [0.15, 0.2) is 0 Å². The molecule has 1 aliphatic rings. The molecular weight excluding hydrogens is 340 g/mol. The summed E-state index contributed by atoms with van der Waals surface area (Å²) in [5.74, 6) is 0.0223. The lowest BCUT2D eigenvalue weighted by Crippen LogP contribution is -2.39. The van der Waals surface area contributed by atoms with Crippen molar-refractivity contribution in [3.63, 3.8) is 0 Å². The highest BCUT2D eigenvalue weighted by Gasteiger charge is 2.33. The number of nitrogens with zero attached hydrogens (tertiary/aromatic N) is 2. The number of nitro groups is 1. The molecule has 1 aliphatic heterocycles. The molecule has 0 aromatic heterocycles. The number of aryl methyl sites for hydroxylation is 1. The topological polar surface area (TPSA) is 63.4 Å². The fraction of sp³-hybridized carbons (Fsp3) is 0.136. The van der Waals surface area contributed by atoms with Gasteiger partial charge in [-0.25, -0.2) is 0 Å². The summed E-state index contributed by atoms with van der Waals surface area (Å²) in [7, 11) is 0. The number of fused-ring (bicyclic) bond motifs is 1. The third-order valence-electron chi connectivity index (χ3n) is 4.90. The number of hydrogen-bond acceptors (Lipinski definition) is 3. The van der Waals surface area contributed by atoms with Gasteiger partial charge in [-0.3, -0.25) is 14.9 Å². The maximum Gasteiger partial charge on any atom is 0.269 e. The molecule has 0 saturated carbocycles. The van der Waals surface area contributed by atoms with Gasteiger partial charge < -0.3 is 4.90 Å². The molecule has 0 saturated heterocycles. The summed E-state index contributed by atoms with van der Waals surface area (Å²) < 4.78 is 0. The number of amides is 1. The summed E-state index contributed by atoms with van der Waals surface area (Å²) in [6, 6.07) is 24.2. The number of benzene rings is 3. The van der Waals surface area contributed by atoms with E-state index in [0.717, 1.165) is 22.4 Å². The van der Waals surface area contributed by atoms with Crippen LogP contribution in [-0.2, 0) is 11.2 Å². The van der Waals surface area contributed by atoms with Crippen molar-refractivity contribution in [3.8, 4) is 0 Å². The van der Waals surface area contributed by atoms with E-state index in [1.54, 1.807) is 17.0 Å². The standard InChI is InChI=1S/C22H18N2O3/c25-21-14-11-18-15-19(24(26)27)12-13-20(18)23(21)22(16-7-3-1-4-8-16)17-9-5-2-6-10-17/h1-10,12-13,15,22H,11,14H2. The summed E-state index contributed by atoms with van der Waals surface area (Å²) in [6.45, 7) is 0. The van der Waals surface area contributed by atoms with E-state index in [-0.39, 0.29) is 17.6 Å². The Kier molecular flexibility index (Phi) is 4.42. The minimum absolute atomic E-state index is 0.0223. The molecule has 0 atom stereocenters. The van der Waals surface area contributed by atoms with Gasteiger partial charge >= 0.3 is 0 Å². The molecule has 4 rings (SSSR count). The Morgan fingerprint density at radius 1 is 0.852 bits per heavy atom. The van der Waals surface area contributed by atoms with Crippen molar-refractivity contribution in [2.75, 3.05) is 4.90 Å². The molecule has 1 amide bonds. The number of carbonyl (C=O) groups excluding carboxylic acids is 1. The van der Waals surface area contributed by atoms with Gasteiger partial charge in [-0.1, -0.05) is 60.7 Å². The van der Waals surface area contributed by atoms with Crippen LogP contribution in [0, 0.1) is 10.1 Å². The lowest BCUT2D eigenvalue weighted by atomic mass is 9.92. The zero-order chi connectivity index (χ0) is 18.8. The highest BCUT2D eigenvalue weighted by atomic mass is 16.6. The Labute approximate surface area is 157 Å². The minimum atomic E-state index is -0.396. The molecule has 0 aliphatic carbocycles. The van der Waals surface area contributed by atoms with Crippen molar-refractivity contribution in [2.24, 2.45) is 0 Å². The molecule has 3 aromatic rings. The van der Waals surface area contributed by atoms with Gasteiger partial charge in [0.25, 0.3) is 5.69 Å². The van der Waals surface area contributed by atoms with E-state index in [1.165, 1.54) is 6.07 Å². The smallest absolute Gasteiger partial charge is 0.269 e. The zero-order valence-electron chi connectivity index (χ0n) is 14.6. The predicted octanol–water partition coefficient (Wildman–Crippen LogP) is 4.66. The second-order valence-electron chi connectivity index (χ2n) is 6.56. The number of rotatable bonds is 4. The molecule has 0 N–H and O–H groups in total. The molecule has 0 spiro atoms. The maximum absolute atomic E-state index is 13.0. The maximum atomic E-state index is 13.0. The Hall–Kier alpha value is -3.47. The van der Waals surface area contributed by atoms with E-state index < -0.39 is 4.92 Å². The van der Waals surface area contributed by atoms with Gasteiger partial charge in [-0.15, -0.1) is 0 Å². The fourth-order valence-electron chi connectivity index (χ4n) is 3.66. The number of carbonyl (C=O) groups is 1. The van der Waals surface area contributed by atoms with E-state index in [9.17, 15) is 14.9 Å². The van der Waals surface area contributed by atoms with Crippen molar-refractivity contribution in [1.82, 2.24) is 0 Å². The second-order valence-corrected chi connectivity index (χ2v) is 6.56. The molecule has 5 heteroatoms. The first-order chi connectivity index (χ1) is 13.1.